The molecule has 1 saturated heterocycles. The zero-order valence-electron chi connectivity index (χ0n) is 16.5. The maximum Gasteiger partial charge on any atom is 0.222 e. The van der Waals surface area contributed by atoms with Gasteiger partial charge in [-0.05, 0) is 43.2 Å². The van der Waals surface area contributed by atoms with E-state index in [9.17, 15) is 4.79 Å². The van der Waals surface area contributed by atoms with Crippen molar-refractivity contribution >= 4 is 17.6 Å². The summed E-state index contributed by atoms with van der Waals surface area (Å²) in [5.41, 5.74) is 2.66. The minimum absolute atomic E-state index is 0.325. The standard InChI is InChI=1S/C22H32N4O/c1-23-22(24-13-4-6-17-10-11-17)26-16-18(19-7-2-3-8-20(19)26)12-15-25-14-5-9-21(25)27/h2-3,7-8,17-18H,4-6,9-16H2,1H3,(H,23,24). The molecule has 1 aromatic carbocycles. The molecule has 1 N–H and O–H groups in total. The average Bonchev–Trinajstić information content (AvgIpc) is 3.32. The molecule has 1 saturated carbocycles. The van der Waals surface area contributed by atoms with Gasteiger partial charge >= 0.3 is 0 Å². The molecule has 1 aliphatic carbocycles. The molecule has 1 atom stereocenters. The highest BCUT2D eigenvalue weighted by molar-refractivity contribution is 5.98. The maximum atomic E-state index is 11.9. The number of nitrogens with zero attached hydrogens (tertiary/aromatic N) is 3. The summed E-state index contributed by atoms with van der Waals surface area (Å²) in [6.45, 7) is 3.75. The molecule has 2 aliphatic heterocycles. The fourth-order valence-electron chi connectivity index (χ4n) is 4.49. The molecule has 4 rings (SSSR count). The van der Waals surface area contributed by atoms with Gasteiger partial charge in [0.05, 0.1) is 0 Å². The summed E-state index contributed by atoms with van der Waals surface area (Å²) < 4.78 is 0. The summed E-state index contributed by atoms with van der Waals surface area (Å²) in [6, 6.07) is 8.68. The lowest BCUT2D eigenvalue weighted by Crippen LogP contribution is -2.41. The molecule has 1 unspecified atom stereocenters. The lowest BCUT2D eigenvalue weighted by Gasteiger charge is -2.23. The van der Waals surface area contributed by atoms with Gasteiger partial charge in [-0.25, -0.2) is 0 Å². The number of anilines is 1. The van der Waals surface area contributed by atoms with Gasteiger partial charge in [0.1, 0.15) is 0 Å². The number of benzene rings is 1. The highest BCUT2D eigenvalue weighted by atomic mass is 16.2. The van der Waals surface area contributed by atoms with Gasteiger partial charge in [-0.1, -0.05) is 31.0 Å². The first-order chi connectivity index (χ1) is 13.3. The van der Waals surface area contributed by atoms with Gasteiger partial charge in [0.2, 0.25) is 5.91 Å². The molecule has 3 aliphatic rings. The SMILES string of the molecule is CN=C(NCCCC1CC1)N1CC(CCN2CCCC2=O)c2ccccc21. The fourth-order valence-corrected chi connectivity index (χ4v) is 4.49. The van der Waals surface area contributed by atoms with E-state index in [2.05, 4.69) is 39.5 Å². The largest absolute Gasteiger partial charge is 0.356 e. The number of nitrogens with one attached hydrogen (secondary N) is 1. The predicted octanol–water partition coefficient (Wildman–Crippen LogP) is 3.37. The fraction of sp³-hybridized carbons (Fsp3) is 0.636. The molecule has 1 amide bonds. The van der Waals surface area contributed by atoms with Crippen molar-refractivity contribution in [2.75, 3.05) is 38.1 Å². The van der Waals surface area contributed by atoms with E-state index in [1.54, 1.807) is 0 Å². The van der Waals surface area contributed by atoms with Gasteiger partial charge < -0.3 is 15.1 Å². The topological polar surface area (TPSA) is 47.9 Å². The summed E-state index contributed by atoms with van der Waals surface area (Å²) in [7, 11) is 1.88. The van der Waals surface area contributed by atoms with Crippen molar-refractivity contribution in [1.82, 2.24) is 10.2 Å². The Hall–Kier alpha value is -2.04. The molecular formula is C22H32N4O. The van der Waals surface area contributed by atoms with Crippen molar-refractivity contribution in [1.29, 1.82) is 0 Å². The first-order valence-electron chi connectivity index (χ1n) is 10.6. The Morgan fingerprint density at radius 1 is 1.26 bits per heavy atom. The molecule has 0 spiro atoms. The number of aliphatic imine (C=N–C) groups is 1. The van der Waals surface area contributed by atoms with Crippen molar-refractivity contribution in [3.63, 3.8) is 0 Å². The van der Waals surface area contributed by atoms with Crippen LogP contribution in [0.1, 0.15) is 56.4 Å². The number of likely N-dealkylation sites (tertiary alicyclic amines) is 1. The number of carbonyl (C=O) groups excluding carboxylic acids is 1. The van der Waals surface area contributed by atoms with Gasteiger partial charge in [0, 0.05) is 51.3 Å². The third kappa shape index (κ3) is 4.28. The Bertz CT molecular complexity index is 697. The molecule has 0 bridgehead atoms. The van der Waals surface area contributed by atoms with Gasteiger partial charge in [0.25, 0.3) is 0 Å². The van der Waals surface area contributed by atoms with E-state index in [4.69, 9.17) is 0 Å². The zero-order valence-corrected chi connectivity index (χ0v) is 16.5. The van der Waals surface area contributed by atoms with Crippen LogP contribution < -0.4 is 10.2 Å². The van der Waals surface area contributed by atoms with Crippen LogP contribution in [0.2, 0.25) is 0 Å². The van der Waals surface area contributed by atoms with Gasteiger partial charge in [-0.2, -0.15) is 0 Å². The van der Waals surface area contributed by atoms with Crippen LogP contribution in [0.4, 0.5) is 5.69 Å². The van der Waals surface area contributed by atoms with Crippen LogP contribution in [0.3, 0.4) is 0 Å². The number of amides is 1. The quantitative estimate of drug-likeness (QED) is 0.456. The van der Waals surface area contributed by atoms with E-state index in [-0.39, 0.29) is 0 Å². The van der Waals surface area contributed by atoms with Crippen molar-refractivity contribution in [3.05, 3.63) is 29.8 Å². The van der Waals surface area contributed by atoms with E-state index in [0.717, 1.165) is 57.3 Å². The summed E-state index contributed by atoms with van der Waals surface area (Å²) in [6.07, 6.45) is 8.18. The second-order valence-electron chi connectivity index (χ2n) is 8.20. The Morgan fingerprint density at radius 2 is 2.11 bits per heavy atom. The van der Waals surface area contributed by atoms with Crippen molar-refractivity contribution in [2.45, 2.75) is 50.9 Å². The number of carbonyl (C=O) groups is 1. The maximum absolute atomic E-state index is 11.9. The van der Waals surface area contributed by atoms with E-state index in [1.165, 1.54) is 36.9 Å². The van der Waals surface area contributed by atoms with Crippen LogP contribution in [0.25, 0.3) is 0 Å². The van der Waals surface area contributed by atoms with Crippen molar-refractivity contribution in [3.8, 4) is 0 Å². The Balaban J connectivity index is 1.38. The first-order valence-corrected chi connectivity index (χ1v) is 10.6. The lowest BCUT2D eigenvalue weighted by molar-refractivity contribution is -0.127. The highest BCUT2D eigenvalue weighted by Gasteiger charge is 2.32. The van der Waals surface area contributed by atoms with Crippen molar-refractivity contribution < 1.29 is 4.79 Å². The number of fused-ring (bicyclic) bond motifs is 1. The molecule has 146 valence electrons. The number of rotatable bonds is 7. The van der Waals surface area contributed by atoms with Gasteiger partial charge in [-0.15, -0.1) is 0 Å². The number of guanidine groups is 1. The number of para-hydroxylation sites is 1. The molecule has 0 aromatic heterocycles. The molecular weight excluding hydrogens is 336 g/mol. The summed E-state index contributed by atoms with van der Waals surface area (Å²) in [5.74, 6) is 2.75. The third-order valence-electron chi connectivity index (χ3n) is 6.23. The van der Waals surface area contributed by atoms with Crippen LogP contribution in [-0.2, 0) is 4.79 Å². The smallest absolute Gasteiger partial charge is 0.222 e. The Kier molecular flexibility index (Phi) is 5.65. The van der Waals surface area contributed by atoms with Crippen LogP contribution in [0.5, 0.6) is 0 Å². The highest BCUT2D eigenvalue weighted by Crippen LogP contribution is 2.38. The molecule has 0 radical (unpaired) electrons. The normalized spacial score (nSPS) is 22.5. The second-order valence-corrected chi connectivity index (χ2v) is 8.20. The van der Waals surface area contributed by atoms with Gasteiger partial charge in [-0.3, -0.25) is 9.79 Å². The van der Waals surface area contributed by atoms with E-state index in [1.807, 2.05) is 11.9 Å². The predicted molar refractivity (Wildman–Crippen MR) is 110 cm³/mol. The van der Waals surface area contributed by atoms with Crippen LogP contribution in [0, 0.1) is 5.92 Å². The molecule has 5 heteroatoms. The van der Waals surface area contributed by atoms with Gasteiger partial charge in [0.15, 0.2) is 5.96 Å². The van der Waals surface area contributed by atoms with Crippen LogP contribution in [-0.4, -0.2) is 50.0 Å². The average molecular weight is 369 g/mol. The van der Waals surface area contributed by atoms with E-state index < -0.39 is 0 Å². The zero-order chi connectivity index (χ0) is 18.6. The molecule has 5 nitrogen and oxygen atoms in total. The molecule has 27 heavy (non-hydrogen) atoms. The summed E-state index contributed by atoms with van der Waals surface area (Å²) in [4.78, 5) is 20.9. The van der Waals surface area contributed by atoms with Crippen LogP contribution in [0.15, 0.2) is 29.3 Å². The monoisotopic (exact) mass is 368 g/mol. The minimum Gasteiger partial charge on any atom is -0.356 e. The van der Waals surface area contributed by atoms with E-state index in [0.29, 0.717) is 11.8 Å². The Morgan fingerprint density at radius 3 is 2.85 bits per heavy atom. The van der Waals surface area contributed by atoms with E-state index >= 15 is 0 Å². The third-order valence-corrected chi connectivity index (χ3v) is 6.23. The first kappa shape index (κ1) is 18.3. The Labute approximate surface area is 162 Å². The van der Waals surface area contributed by atoms with Crippen LogP contribution >= 0.6 is 0 Å². The number of hydrogen-bond acceptors (Lipinski definition) is 2. The molecule has 2 heterocycles. The second kappa shape index (κ2) is 8.32. The summed E-state index contributed by atoms with van der Waals surface area (Å²) >= 11 is 0. The molecule has 2 fully saturated rings. The molecule has 1 aromatic rings. The lowest BCUT2D eigenvalue weighted by atomic mass is 9.98. The number of hydrogen-bond donors (Lipinski definition) is 1. The van der Waals surface area contributed by atoms with Crippen molar-refractivity contribution in [2.24, 2.45) is 10.9 Å². The summed E-state index contributed by atoms with van der Waals surface area (Å²) in [5, 5.41) is 3.57. The minimum atomic E-state index is 0.325.